The largest absolute Gasteiger partial charge is 0.477 e. The van der Waals surface area contributed by atoms with Crippen molar-refractivity contribution in [1.29, 1.82) is 5.26 Å². The molecule has 2 aromatic carbocycles. The smallest absolute Gasteiger partial charge is 0.346 e. The summed E-state index contributed by atoms with van der Waals surface area (Å²) in [5.74, 6) is -0.509. The minimum atomic E-state index is -1.26. The van der Waals surface area contributed by atoms with E-state index >= 15 is 0 Å². The fourth-order valence-electron chi connectivity index (χ4n) is 2.59. The van der Waals surface area contributed by atoms with Crippen LogP contribution in [0.4, 0.5) is 0 Å². The average Bonchev–Trinajstić information content (AvgIpc) is 3.35. The van der Waals surface area contributed by atoms with E-state index in [1.807, 2.05) is 42.5 Å². The highest BCUT2D eigenvalue weighted by Gasteiger charge is 2.14. The number of aromatic nitrogens is 2. The van der Waals surface area contributed by atoms with Gasteiger partial charge in [-0.25, -0.2) is 4.79 Å². The third kappa shape index (κ3) is 3.34. The molecule has 0 aliphatic rings. The zero-order valence-corrected chi connectivity index (χ0v) is 14.6. The molecule has 7 heteroatoms. The van der Waals surface area contributed by atoms with Crippen LogP contribution in [0.5, 0.6) is 0 Å². The van der Waals surface area contributed by atoms with E-state index in [-0.39, 0.29) is 5.57 Å². The molecule has 0 atom stereocenters. The van der Waals surface area contributed by atoms with E-state index in [9.17, 15) is 4.79 Å². The summed E-state index contributed by atoms with van der Waals surface area (Å²) in [7, 11) is 0. The molecule has 0 fully saturated rings. The number of hydrogen-bond acceptors (Lipinski definition) is 6. The summed E-state index contributed by atoms with van der Waals surface area (Å²) in [6.45, 7) is 0. The molecule has 4 rings (SSSR count). The molecule has 0 unspecified atom stereocenters. The Bertz CT molecular complexity index is 1230. The minimum Gasteiger partial charge on any atom is -0.477 e. The highest BCUT2D eigenvalue weighted by molar-refractivity contribution is 7.16. The van der Waals surface area contributed by atoms with Crippen molar-refractivity contribution in [3.05, 3.63) is 65.0 Å². The van der Waals surface area contributed by atoms with Crippen molar-refractivity contribution < 1.29 is 14.3 Å². The van der Waals surface area contributed by atoms with E-state index in [2.05, 4.69) is 10.2 Å². The summed E-state index contributed by atoms with van der Waals surface area (Å²) in [6, 6.07) is 19.0. The first-order valence-corrected chi connectivity index (χ1v) is 8.73. The molecule has 0 aliphatic heterocycles. The van der Waals surface area contributed by atoms with Gasteiger partial charge >= 0.3 is 5.97 Å². The normalized spacial score (nSPS) is 11.4. The lowest BCUT2D eigenvalue weighted by molar-refractivity contribution is -0.132. The van der Waals surface area contributed by atoms with E-state index in [0.29, 0.717) is 21.5 Å². The third-order valence-corrected chi connectivity index (χ3v) is 4.92. The number of benzene rings is 2. The van der Waals surface area contributed by atoms with Crippen molar-refractivity contribution >= 4 is 34.2 Å². The number of nitriles is 1. The van der Waals surface area contributed by atoms with Gasteiger partial charge in [0.25, 0.3) is 5.89 Å². The summed E-state index contributed by atoms with van der Waals surface area (Å²) >= 11 is 1.27. The van der Waals surface area contributed by atoms with Gasteiger partial charge in [0, 0.05) is 10.4 Å². The molecule has 0 saturated carbocycles. The van der Waals surface area contributed by atoms with Crippen LogP contribution in [-0.2, 0) is 4.79 Å². The predicted molar refractivity (Wildman–Crippen MR) is 102 cm³/mol. The first-order chi connectivity index (χ1) is 13.1. The number of rotatable bonds is 4. The van der Waals surface area contributed by atoms with Crippen LogP contribution in [0.3, 0.4) is 0 Å². The van der Waals surface area contributed by atoms with Crippen LogP contribution in [0.1, 0.15) is 4.88 Å². The van der Waals surface area contributed by atoms with Gasteiger partial charge in [0.15, 0.2) is 0 Å². The number of carbonyl (C=O) groups is 1. The van der Waals surface area contributed by atoms with E-state index in [0.717, 1.165) is 16.3 Å². The van der Waals surface area contributed by atoms with E-state index in [4.69, 9.17) is 14.8 Å². The first-order valence-electron chi connectivity index (χ1n) is 7.92. The predicted octanol–water partition coefficient (Wildman–Crippen LogP) is 4.61. The second kappa shape index (κ2) is 6.86. The third-order valence-electron chi connectivity index (χ3n) is 3.90. The summed E-state index contributed by atoms with van der Waals surface area (Å²) in [4.78, 5) is 12.3. The number of hydrogen-bond donors (Lipinski definition) is 1. The van der Waals surface area contributed by atoms with E-state index in [1.54, 1.807) is 18.2 Å². The molecule has 0 saturated heterocycles. The van der Waals surface area contributed by atoms with Gasteiger partial charge in [-0.3, -0.25) is 0 Å². The van der Waals surface area contributed by atoms with E-state index < -0.39 is 5.97 Å². The van der Waals surface area contributed by atoms with Crippen molar-refractivity contribution in [2.75, 3.05) is 0 Å². The molecular weight excluding hydrogens is 362 g/mol. The fraction of sp³-hybridized carbons (Fsp3) is 0. The fourth-order valence-corrected chi connectivity index (χ4v) is 3.46. The number of fused-ring (bicyclic) bond motifs is 1. The first kappa shape index (κ1) is 16.7. The van der Waals surface area contributed by atoms with Gasteiger partial charge in [0.1, 0.15) is 11.6 Å². The van der Waals surface area contributed by atoms with Crippen molar-refractivity contribution in [2.45, 2.75) is 0 Å². The molecule has 0 bridgehead atoms. The van der Waals surface area contributed by atoms with Crippen molar-refractivity contribution in [1.82, 2.24) is 10.2 Å². The Morgan fingerprint density at radius 3 is 2.63 bits per heavy atom. The van der Waals surface area contributed by atoms with Gasteiger partial charge in [-0.05, 0) is 41.1 Å². The second-order valence-corrected chi connectivity index (χ2v) is 6.77. The molecular formula is C20H11N3O3S. The van der Waals surface area contributed by atoms with Gasteiger partial charge in [0.2, 0.25) is 5.89 Å². The summed E-state index contributed by atoms with van der Waals surface area (Å²) in [5, 5.41) is 28.2. The van der Waals surface area contributed by atoms with Crippen LogP contribution in [0.25, 0.3) is 39.1 Å². The minimum absolute atomic E-state index is 0.328. The van der Waals surface area contributed by atoms with Crippen LogP contribution in [0, 0.1) is 11.3 Å². The van der Waals surface area contributed by atoms with E-state index in [1.165, 1.54) is 17.4 Å². The van der Waals surface area contributed by atoms with Crippen LogP contribution in [-0.4, -0.2) is 21.3 Å². The maximum Gasteiger partial charge on any atom is 0.346 e. The highest BCUT2D eigenvalue weighted by atomic mass is 32.1. The molecule has 4 aromatic rings. The molecule has 27 heavy (non-hydrogen) atoms. The quantitative estimate of drug-likeness (QED) is 0.414. The highest BCUT2D eigenvalue weighted by Crippen LogP contribution is 2.31. The van der Waals surface area contributed by atoms with Crippen molar-refractivity contribution in [3.63, 3.8) is 0 Å². The number of nitrogens with zero attached hydrogens (tertiary/aromatic N) is 3. The Balaban J connectivity index is 1.65. The number of thiophene rings is 1. The Labute approximate surface area is 157 Å². The summed E-state index contributed by atoms with van der Waals surface area (Å²) in [5.41, 5.74) is 0.493. The Morgan fingerprint density at radius 2 is 1.85 bits per heavy atom. The summed E-state index contributed by atoms with van der Waals surface area (Å²) < 4.78 is 5.78. The lowest BCUT2D eigenvalue weighted by Gasteiger charge is -1.99. The topological polar surface area (TPSA) is 100 Å². The molecule has 0 radical (unpaired) electrons. The molecule has 1 N–H and O–H groups in total. The van der Waals surface area contributed by atoms with Crippen LogP contribution < -0.4 is 0 Å². The Kier molecular flexibility index (Phi) is 4.24. The average molecular weight is 373 g/mol. The lowest BCUT2D eigenvalue weighted by atomic mass is 10.1. The van der Waals surface area contributed by atoms with Gasteiger partial charge in [-0.15, -0.1) is 21.5 Å². The Morgan fingerprint density at radius 1 is 1.07 bits per heavy atom. The number of carboxylic acids is 1. The molecule has 6 nitrogen and oxygen atoms in total. The maximum atomic E-state index is 10.9. The zero-order valence-electron chi connectivity index (χ0n) is 13.8. The number of carboxylic acid groups (broad SMARTS) is 1. The molecule has 2 aromatic heterocycles. The zero-order chi connectivity index (χ0) is 18.8. The second-order valence-electron chi connectivity index (χ2n) is 5.65. The van der Waals surface area contributed by atoms with Gasteiger partial charge in [-0.1, -0.05) is 30.3 Å². The molecule has 0 aliphatic carbocycles. The molecule has 0 spiro atoms. The monoisotopic (exact) mass is 373 g/mol. The Hall–Kier alpha value is -3.76. The molecule has 130 valence electrons. The van der Waals surface area contributed by atoms with Crippen LogP contribution >= 0.6 is 11.3 Å². The maximum absolute atomic E-state index is 10.9. The van der Waals surface area contributed by atoms with Gasteiger partial charge < -0.3 is 9.52 Å². The van der Waals surface area contributed by atoms with Gasteiger partial charge in [-0.2, -0.15) is 5.26 Å². The van der Waals surface area contributed by atoms with Crippen LogP contribution in [0.15, 0.2) is 64.6 Å². The van der Waals surface area contributed by atoms with Crippen molar-refractivity contribution in [3.8, 4) is 28.3 Å². The standard InChI is InChI=1S/C20H11N3O3S/c21-11-15(20(24)25)10-16-7-8-17(27-16)19-23-22-18(26-19)14-6-5-12-3-1-2-4-13(12)9-14/h1-10H,(H,24,25)/b15-10-. The lowest BCUT2D eigenvalue weighted by Crippen LogP contribution is -1.96. The molecule has 2 heterocycles. The van der Waals surface area contributed by atoms with Crippen LogP contribution in [0.2, 0.25) is 0 Å². The molecule has 0 amide bonds. The van der Waals surface area contributed by atoms with Gasteiger partial charge in [0.05, 0.1) is 4.88 Å². The SMILES string of the molecule is N#C/C(=C/c1ccc(-c2nnc(-c3ccc4ccccc4c3)o2)s1)C(=O)O. The van der Waals surface area contributed by atoms with Crippen molar-refractivity contribution in [2.24, 2.45) is 0 Å². The number of aliphatic carboxylic acids is 1. The summed E-state index contributed by atoms with van der Waals surface area (Å²) in [6.07, 6.45) is 1.32.